The maximum absolute atomic E-state index is 15.3. The van der Waals surface area contributed by atoms with Gasteiger partial charge in [0.05, 0.1) is 20.8 Å². The van der Waals surface area contributed by atoms with Crippen molar-refractivity contribution in [2.24, 2.45) is 11.4 Å². The number of halogens is 1. The average molecular weight is 519 g/mol. The topological polar surface area (TPSA) is 115 Å². The molecule has 1 amide bonds. The lowest BCUT2D eigenvalue weighted by Gasteiger charge is -2.11. The predicted octanol–water partition coefficient (Wildman–Crippen LogP) is 4.72. The molecule has 4 aromatic rings. The molecule has 0 aliphatic carbocycles. The first kappa shape index (κ1) is 24.6. The number of aryl methyl sites for hydroxylation is 1. The second-order valence-corrected chi connectivity index (χ2v) is 11.5. The number of nitrogens with two attached hydrogens (primary N) is 1. The molecule has 1 aliphatic heterocycles. The largest absolute Gasteiger partial charge is 0.383 e. The Kier molecular flexibility index (Phi) is 6.51. The molecule has 37 heavy (non-hydrogen) atoms. The Labute approximate surface area is 214 Å². The summed E-state index contributed by atoms with van der Waals surface area (Å²) >= 11 is 0. The van der Waals surface area contributed by atoms with Crippen molar-refractivity contribution >= 4 is 38.2 Å². The van der Waals surface area contributed by atoms with Crippen molar-refractivity contribution in [1.29, 1.82) is 0 Å². The van der Waals surface area contributed by atoms with Crippen LogP contribution in [-0.2, 0) is 28.1 Å². The third-order valence-electron chi connectivity index (χ3n) is 6.55. The number of hydrogen-bond acceptors (Lipinski definition) is 6. The van der Waals surface area contributed by atoms with E-state index >= 15 is 4.39 Å². The van der Waals surface area contributed by atoms with Crippen molar-refractivity contribution in [2.75, 3.05) is 17.2 Å². The number of carbonyl (C=O) groups excluding carboxylic acids is 1. The third kappa shape index (κ3) is 4.72. The van der Waals surface area contributed by atoms with Gasteiger partial charge in [0.15, 0.2) is 0 Å². The van der Waals surface area contributed by atoms with E-state index < -0.39 is 15.5 Å². The van der Waals surface area contributed by atoms with E-state index in [-0.39, 0.29) is 17.4 Å². The molecule has 0 spiro atoms. The van der Waals surface area contributed by atoms with E-state index in [9.17, 15) is 9.00 Å². The summed E-state index contributed by atoms with van der Waals surface area (Å²) in [7, 11) is -0.531. The highest BCUT2D eigenvalue weighted by molar-refractivity contribution is 7.93. The Morgan fingerprint density at radius 1 is 1.19 bits per heavy atom. The molecule has 1 aliphatic rings. The van der Waals surface area contributed by atoms with Crippen LogP contribution in [0, 0.1) is 5.82 Å². The second-order valence-electron chi connectivity index (χ2n) is 9.00. The van der Waals surface area contributed by atoms with Crippen LogP contribution in [0.3, 0.4) is 0 Å². The lowest BCUT2D eigenvalue weighted by atomic mass is 9.98. The van der Waals surface area contributed by atoms with Crippen LogP contribution in [0.15, 0.2) is 65.8 Å². The number of benzene rings is 2. The highest BCUT2D eigenvalue weighted by atomic mass is 32.2. The summed E-state index contributed by atoms with van der Waals surface area (Å²) in [6, 6.07) is 12.4. The number of aromatic nitrogens is 3. The molecule has 0 unspecified atom stereocenters. The molecule has 0 saturated carbocycles. The van der Waals surface area contributed by atoms with Crippen LogP contribution in [0.2, 0.25) is 0 Å². The number of amides is 1. The van der Waals surface area contributed by atoms with Gasteiger partial charge in [-0.3, -0.25) is 4.79 Å². The summed E-state index contributed by atoms with van der Waals surface area (Å²) in [5, 5.41) is 3.38. The number of anilines is 1. The number of fused-ring (bicyclic) bond motifs is 1. The van der Waals surface area contributed by atoms with Crippen LogP contribution < -0.4 is 11.1 Å². The van der Waals surface area contributed by atoms with E-state index in [2.05, 4.69) is 26.2 Å². The number of carbonyl (C=O) groups is 1. The second kappa shape index (κ2) is 9.78. The van der Waals surface area contributed by atoms with Gasteiger partial charge in [-0.2, -0.15) is 4.36 Å². The van der Waals surface area contributed by atoms with Gasteiger partial charge >= 0.3 is 0 Å². The number of nitrogens with one attached hydrogen (secondary N) is 1. The fourth-order valence-electron chi connectivity index (χ4n) is 4.70. The van der Waals surface area contributed by atoms with Crippen molar-refractivity contribution in [3.8, 4) is 22.4 Å². The Bertz CT molecular complexity index is 1640. The molecule has 0 radical (unpaired) electrons. The average Bonchev–Trinajstić information content (AvgIpc) is 3.46. The van der Waals surface area contributed by atoms with Gasteiger partial charge in [0.2, 0.25) is 5.91 Å². The molecule has 1 fully saturated rings. The molecule has 10 heteroatoms. The Hall–Kier alpha value is -4.05. The van der Waals surface area contributed by atoms with Crippen LogP contribution in [0.25, 0.3) is 33.4 Å². The maximum Gasteiger partial charge on any atom is 0.243 e. The zero-order chi connectivity index (χ0) is 26.2. The lowest BCUT2D eigenvalue weighted by Crippen LogP contribution is -2.19. The molecular weight excluding hydrogens is 491 g/mol. The third-order valence-corrected chi connectivity index (χ3v) is 8.94. The van der Waals surface area contributed by atoms with Crippen molar-refractivity contribution in [3.05, 3.63) is 72.8 Å². The summed E-state index contributed by atoms with van der Waals surface area (Å²) < 4.78 is 34.4. The van der Waals surface area contributed by atoms with Gasteiger partial charge < -0.3 is 15.6 Å². The van der Waals surface area contributed by atoms with E-state index in [1.807, 2.05) is 35.9 Å². The predicted molar refractivity (Wildman–Crippen MR) is 145 cm³/mol. The molecule has 1 saturated heterocycles. The molecule has 8 nitrogen and oxygen atoms in total. The fraction of sp³-hybridized carbons (Fsp3) is 0.222. The first-order chi connectivity index (χ1) is 17.8. The van der Waals surface area contributed by atoms with E-state index in [4.69, 9.17) is 5.73 Å². The quantitative estimate of drug-likeness (QED) is 0.359. The maximum atomic E-state index is 15.3. The summed E-state index contributed by atoms with van der Waals surface area (Å²) in [4.78, 5) is 20.1. The molecule has 2 aromatic heterocycles. The molecule has 0 bridgehead atoms. The highest BCUT2D eigenvalue weighted by Gasteiger charge is 2.23. The number of hydrogen-bond donors (Lipinski definition) is 2. The van der Waals surface area contributed by atoms with Crippen LogP contribution >= 0.6 is 0 Å². The SMILES string of the molecule is C=CC(=O)NCc1ccc(-c2c(-c3ccc(N=S4(=O)CCCC4)c(F)c3)c3c(N)ncnc3n2C)cc1. The van der Waals surface area contributed by atoms with Gasteiger partial charge in [-0.05, 0) is 47.7 Å². The van der Waals surface area contributed by atoms with E-state index in [0.29, 0.717) is 40.2 Å². The minimum absolute atomic E-state index is 0.104. The monoisotopic (exact) mass is 518 g/mol. The van der Waals surface area contributed by atoms with Gasteiger partial charge in [-0.25, -0.2) is 18.6 Å². The summed E-state index contributed by atoms with van der Waals surface area (Å²) in [5.74, 6) is 0.502. The number of nitrogen functional groups attached to an aromatic ring is 1. The molecular formula is C27H27FN6O2S. The van der Waals surface area contributed by atoms with Gasteiger partial charge in [0.25, 0.3) is 0 Å². The van der Waals surface area contributed by atoms with Crippen LogP contribution in [0.1, 0.15) is 18.4 Å². The Morgan fingerprint density at radius 2 is 1.89 bits per heavy atom. The van der Waals surface area contributed by atoms with Gasteiger partial charge in [-0.1, -0.05) is 36.9 Å². The summed E-state index contributed by atoms with van der Waals surface area (Å²) in [5.41, 5.74) is 10.8. The van der Waals surface area contributed by atoms with E-state index in [1.165, 1.54) is 18.5 Å². The Balaban J connectivity index is 1.63. The van der Waals surface area contributed by atoms with Crippen LogP contribution in [0.4, 0.5) is 15.9 Å². The molecule has 5 rings (SSSR count). The number of nitrogens with zero attached hydrogens (tertiary/aromatic N) is 4. The van der Waals surface area contributed by atoms with Gasteiger partial charge in [0.1, 0.15) is 29.3 Å². The van der Waals surface area contributed by atoms with E-state index in [1.54, 1.807) is 12.1 Å². The van der Waals surface area contributed by atoms with Crippen LogP contribution in [-0.4, -0.2) is 36.2 Å². The van der Waals surface area contributed by atoms with Crippen molar-refractivity contribution in [2.45, 2.75) is 19.4 Å². The normalized spacial score (nSPS) is 14.5. The zero-order valence-electron chi connectivity index (χ0n) is 20.4. The summed E-state index contributed by atoms with van der Waals surface area (Å²) in [6.45, 7) is 3.83. The van der Waals surface area contributed by atoms with Gasteiger partial charge in [-0.15, -0.1) is 0 Å². The van der Waals surface area contributed by atoms with Crippen molar-refractivity contribution in [1.82, 2.24) is 19.9 Å². The van der Waals surface area contributed by atoms with Crippen molar-refractivity contribution in [3.63, 3.8) is 0 Å². The van der Waals surface area contributed by atoms with Gasteiger partial charge in [0, 0.05) is 30.7 Å². The molecule has 190 valence electrons. The zero-order valence-corrected chi connectivity index (χ0v) is 21.2. The standard InChI is InChI=1S/C27H27FN6O2S/c1-3-22(35)30-15-17-6-8-18(9-7-17)25-23(24-26(29)31-16-32-27(24)34(25)2)19-10-11-21(20(28)14-19)33-37(36)12-4-5-13-37/h3,6-11,14,16H,1,4-5,12-13,15H2,2H3,(H,30,35)(H2,29,31,32). The van der Waals surface area contributed by atoms with Crippen molar-refractivity contribution < 1.29 is 13.4 Å². The smallest absolute Gasteiger partial charge is 0.243 e. The first-order valence-electron chi connectivity index (χ1n) is 11.9. The minimum Gasteiger partial charge on any atom is -0.383 e. The number of rotatable bonds is 6. The molecule has 3 N–H and O–H groups in total. The fourth-order valence-corrected chi connectivity index (χ4v) is 6.90. The summed E-state index contributed by atoms with van der Waals surface area (Å²) in [6.07, 6.45) is 4.32. The minimum atomic E-state index is -2.40. The molecule has 3 heterocycles. The molecule has 0 atom stereocenters. The Morgan fingerprint density at radius 3 is 2.57 bits per heavy atom. The van der Waals surface area contributed by atoms with Crippen LogP contribution in [0.5, 0.6) is 0 Å². The highest BCUT2D eigenvalue weighted by Crippen LogP contribution is 2.42. The first-order valence-corrected chi connectivity index (χ1v) is 13.8. The molecule has 2 aromatic carbocycles. The van der Waals surface area contributed by atoms with E-state index in [0.717, 1.165) is 29.7 Å². The lowest BCUT2D eigenvalue weighted by molar-refractivity contribution is -0.116.